The summed E-state index contributed by atoms with van der Waals surface area (Å²) in [6, 6.07) is 10.7. The minimum atomic E-state index is -0.443. The summed E-state index contributed by atoms with van der Waals surface area (Å²) in [5.74, 6) is 1.09. The van der Waals surface area contributed by atoms with E-state index in [0.717, 1.165) is 11.1 Å². The van der Waals surface area contributed by atoms with Gasteiger partial charge in [-0.3, -0.25) is 9.59 Å². The van der Waals surface area contributed by atoms with Gasteiger partial charge in [-0.25, -0.2) is 0 Å². The van der Waals surface area contributed by atoms with Crippen LogP contribution in [0.2, 0.25) is 0 Å². The largest absolute Gasteiger partial charge is 0.487 e. The van der Waals surface area contributed by atoms with Crippen molar-refractivity contribution in [3.8, 4) is 11.5 Å². The third-order valence-corrected chi connectivity index (χ3v) is 5.01. The quantitative estimate of drug-likeness (QED) is 0.333. The number of nitrogens with zero attached hydrogens (tertiary/aromatic N) is 1. The Labute approximate surface area is 211 Å². The van der Waals surface area contributed by atoms with E-state index in [2.05, 4.69) is 20.8 Å². The van der Waals surface area contributed by atoms with Crippen molar-refractivity contribution in [2.45, 2.75) is 78.9 Å². The molecule has 2 rings (SSSR count). The fourth-order valence-electron chi connectivity index (χ4n) is 3.46. The molecule has 5 nitrogen and oxygen atoms in total. The molecule has 0 N–H and O–H groups in total. The molecule has 5 heteroatoms. The highest BCUT2D eigenvalue weighted by molar-refractivity contribution is 6.07. The topological polar surface area (TPSA) is 55.8 Å². The summed E-state index contributed by atoms with van der Waals surface area (Å²) in [4.78, 5) is 26.7. The molecule has 0 aliphatic heterocycles. The van der Waals surface area contributed by atoms with Gasteiger partial charge in [-0.15, -0.1) is 0 Å². The number of carbonyl (C=O) groups excluding carboxylic acids is 2. The summed E-state index contributed by atoms with van der Waals surface area (Å²) < 4.78 is 12.7. The fourth-order valence-corrected chi connectivity index (χ4v) is 3.46. The Morgan fingerprint density at radius 3 is 1.71 bits per heavy atom. The summed E-state index contributed by atoms with van der Waals surface area (Å²) in [5, 5.41) is 0. The van der Waals surface area contributed by atoms with Gasteiger partial charge in [0.25, 0.3) is 5.91 Å². The molecule has 0 saturated carbocycles. The lowest BCUT2D eigenvalue weighted by Crippen LogP contribution is -2.27. The number of hydrogen-bond acceptors (Lipinski definition) is 4. The van der Waals surface area contributed by atoms with Crippen LogP contribution in [0, 0.1) is 0 Å². The minimum absolute atomic E-state index is 0.105. The Hall–Kier alpha value is -3.08. The lowest BCUT2D eigenvalue weighted by Gasteiger charge is -2.31. The van der Waals surface area contributed by atoms with Crippen LogP contribution in [-0.4, -0.2) is 41.9 Å². The first-order valence-corrected chi connectivity index (χ1v) is 12.0. The second-order valence-corrected chi connectivity index (χ2v) is 12.0. The number of ketones is 1. The van der Waals surface area contributed by atoms with E-state index in [1.54, 1.807) is 44.4 Å². The van der Waals surface area contributed by atoms with Gasteiger partial charge in [0.2, 0.25) is 0 Å². The van der Waals surface area contributed by atoms with Crippen LogP contribution < -0.4 is 9.47 Å². The van der Waals surface area contributed by atoms with Crippen molar-refractivity contribution < 1.29 is 19.1 Å². The molecule has 0 heterocycles. The van der Waals surface area contributed by atoms with Crippen molar-refractivity contribution in [2.75, 3.05) is 14.1 Å². The zero-order chi connectivity index (χ0) is 26.8. The van der Waals surface area contributed by atoms with Gasteiger partial charge < -0.3 is 14.4 Å². The van der Waals surface area contributed by atoms with Crippen molar-refractivity contribution in [1.29, 1.82) is 0 Å². The average molecular weight is 480 g/mol. The minimum Gasteiger partial charge on any atom is -0.487 e. The zero-order valence-electron chi connectivity index (χ0n) is 23.2. The molecule has 35 heavy (non-hydrogen) atoms. The van der Waals surface area contributed by atoms with E-state index in [1.807, 2.05) is 53.7 Å². The highest BCUT2D eigenvalue weighted by atomic mass is 16.5. The Bertz CT molecular complexity index is 1090. The molecule has 0 saturated heterocycles. The molecule has 0 atom stereocenters. The van der Waals surface area contributed by atoms with Crippen molar-refractivity contribution in [3.05, 3.63) is 64.7 Å². The third kappa shape index (κ3) is 7.98. The molecule has 0 aliphatic carbocycles. The Morgan fingerprint density at radius 2 is 1.26 bits per heavy atom. The maximum atomic E-state index is 13.0. The van der Waals surface area contributed by atoms with E-state index in [-0.39, 0.29) is 17.1 Å². The van der Waals surface area contributed by atoms with Crippen LogP contribution in [0.5, 0.6) is 11.5 Å². The molecule has 0 spiro atoms. The second-order valence-electron chi connectivity index (χ2n) is 12.0. The van der Waals surface area contributed by atoms with Gasteiger partial charge in [-0.1, -0.05) is 39.0 Å². The second kappa shape index (κ2) is 10.3. The van der Waals surface area contributed by atoms with Gasteiger partial charge in [-0.05, 0) is 77.3 Å². The van der Waals surface area contributed by atoms with Crippen LogP contribution in [0.3, 0.4) is 0 Å². The Balaban J connectivity index is 2.58. The van der Waals surface area contributed by atoms with E-state index in [4.69, 9.17) is 9.47 Å². The van der Waals surface area contributed by atoms with E-state index in [0.29, 0.717) is 22.6 Å². The normalized spacial score (nSPS) is 12.5. The van der Waals surface area contributed by atoms with Gasteiger partial charge in [0.05, 0.1) is 5.56 Å². The van der Waals surface area contributed by atoms with Crippen LogP contribution in [0.15, 0.2) is 42.5 Å². The lowest BCUT2D eigenvalue weighted by molar-refractivity contribution is 0.0827. The third-order valence-electron chi connectivity index (χ3n) is 5.01. The van der Waals surface area contributed by atoms with Crippen molar-refractivity contribution in [3.63, 3.8) is 0 Å². The molecule has 0 radical (unpaired) electrons. The molecule has 190 valence electrons. The van der Waals surface area contributed by atoms with Crippen molar-refractivity contribution in [1.82, 2.24) is 4.90 Å². The molecular weight excluding hydrogens is 438 g/mol. The summed E-state index contributed by atoms with van der Waals surface area (Å²) in [6.07, 6.45) is 3.31. The summed E-state index contributed by atoms with van der Waals surface area (Å²) >= 11 is 0. The van der Waals surface area contributed by atoms with Gasteiger partial charge in [0.1, 0.15) is 22.7 Å². The molecule has 1 amide bonds. The van der Waals surface area contributed by atoms with Crippen LogP contribution in [-0.2, 0) is 5.41 Å². The van der Waals surface area contributed by atoms with E-state index in [1.165, 1.54) is 11.0 Å². The van der Waals surface area contributed by atoms with Gasteiger partial charge in [-0.2, -0.15) is 0 Å². The highest BCUT2D eigenvalue weighted by Gasteiger charge is 2.27. The molecular formula is C30H41NO4. The van der Waals surface area contributed by atoms with Crippen molar-refractivity contribution >= 4 is 17.8 Å². The SMILES string of the molecule is CN(C)C(=O)c1ccc(C(=O)/C=C/c2c(OC(C)(C)C)ccc(C(C)(C)C)c2OC(C)(C)C)cc1. The van der Waals surface area contributed by atoms with Crippen LogP contribution in [0.25, 0.3) is 6.08 Å². The number of ether oxygens (including phenoxy) is 2. The number of rotatable bonds is 6. The molecule has 0 aliphatic rings. The monoisotopic (exact) mass is 479 g/mol. The predicted octanol–water partition coefficient (Wildman–Crippen LogP) is 6.94. The predicted molar refractivity (Wildman–Crippen MR) is 144 cm³/mol. The van der Waals surface area contributed by atoms with Crippen LogP contribution >= 0.6 is 0 Å². The average Bonchev–Trinajstić information content (AvgIpc) is 2.69. The first-order valence-electron chi connectivity index (χ1n) is 12.0. The Morgan fingerprint density at radius 1 is 0.743 bits per heavy atom. The van der Waals surface area contributed by atoms with E-state index in [9.17, 15) is 9.59 Å². The molecule has 0 fully saturated rings. The summed E-state index contributed by atoms with van der Waals surface area (Å²) in [6.45, 7) is 18.4. The number of hydrogen-bond donors (Lipinski definition) is 0. The smallest absolute Gasteiger partial charge is 0.253 e. The summed E-state index contributed by atoms with van der Waals surface area (Å²) in [5.41, 5.74) is 1.76. The molecule has 0 aromatic heterocycles. The zero-order valence-corrected chi connectivity index (χ0v) is 23.2. The van der Waals surface area contributed by atoms with E-state index < -0.39 is 11.2 Å². The number of benzene rings is 2. The van der Waals surface area contributed by atoms with Gasteiger partial charge >= 0.3 is 0 Å². The lowest BCUT2D eigenvalue weighted by atomic mass is 9.84. The molecule has 2 aromatic carbocycles. The maximum Gasteiger partial charge on any atom is 0.253 e. The molecule has 0 bridgehead atoms. The fraction of sp³-hybridized carbons (Fsp3) is 0.467. The standard InChI is InChI=1S/C30H41NO4/c1-28(2,3)23-17-19-25(34-29(4,5)6)22(26(23)35-30(7,8)9)16-18-24(32)20-12-14-21(15-13-20)27(33)31(10)11/h12-19H,1-11H3/b18-16+. The van der Waals surface area contributed by atoms with Crippen molar-refractivity contribution in [2.24, 2.45) is 0 Å². The van der Waals surface area contributed by atoms with Gasteiger partial charge in [0.15, 0.2) is 5.78 Å². The highest BCUT2D eigenvalue weighted by Crippen LogP contribution is 2.42. The number of carbonyl (C=O) groups is 2. The van der Waals surface area contributed by atoms with Crippen LogP contribution in [0.1, 0.15) is 94.2 Å². The summed E-state index contributed by atoms with van der Waals surface area (Å²) in [7, 11) is 3.40. The number of allylic oxidation sites excluding steroid dienone is 1. The van der Waals surface area contributed by atoms with Crippen LogP contribution in [0.4, 0.5) is 0 Å². The molecule has 2 aromatic rings. The van der Waals surface area contributed by atoms with E-state index >= 15 is 0 Å². The van der Waals surface area contributed by atoms with Gasteiger partial charge in [0, 0.05) is 30.8 Å². The Kier molecular flexibility index (Phi) is 8.26. The number of amides is 1. The maximum absolute atomic E-state index is 13.0. The first-order chi connectivity index (χ1) is 15.9. The molecule has 0 unspecified atom stereocenters. The first kappa shape index (κ1) is 28.2.